The molecule has 1 aromatic carbocycles. The van der Waals surface area contributed by atoms with E-state index in [2.05, 4.69) is 18.3 Å². The minimum Gasteiger partial charge on any atom is -0.472 e. The molecule has 0 aromatic heterocycles. The van der Waals surface area contributed by atoms with Crippen LogP contribution in [0.4, 0.5) is 0 Å². The van der Waals surface area contributed by atoms with Gasteiger partial charge in [0.1, 0.15) is 5.75 Å². The second-order valence-corrected chi connectivity index (χ2v) is 4.47. The van der Waals surface area contributed by atoms with Crippen molar-refractivity contribution in [3.63, 3.8) is 0 Å². The molecule has 0 spiro atoms. The molecule has 1 aliphatic rings. The molecule has 3 heteroatoms. The van der Waals surface area contributed by atoms with Crippen LogP contribution in [-0.4, -0.2) is 24.0 Å². The van der Waals surface area contributed by atoms with E-state index in [1.807, 2.05) is 18.2 Å². The molecule has 1 unspecified atom stereocenters. The summed E-state index contributed by atoms with van der Waals surface area (Å²) in [6.45, 7) is 3.22. The lowest BCUT2D eigenvalue weighted by Crippen LogP contribution is -2.46. The highest BCUT2D eigenvalue weighted by Crippen LogP contribution is 2.32. The Hall–Kier alpha value is -1.06. The van der Waals surface area contributed by atoms with Crippen LogP contribution in [0.2, 0.25) is 0 Å². The SMILES string of the molecule is CC1(NCCCCO)Cc2ccccc2O1. The molecular formula is C13H19NO2. The van der Waals surface area contributed by atoms with E-state index in [0.717, 1.165) is 31.6 Å². The molecule has 1 atom stereocenters. The Bertz CT molecular complexity index is 327. The summed E-state index contributed by atoms with van der Waals surface area (Å²) in [5, 5.41) is 12.1. The Kier molecular flexibility index (Phi) is 3.46. The molecule has 2 N–H and O–H groups in total. The van der Waals surface area contributed by atoms with Crippen LogP contribution in [-0.2, 0) is 6.42 Å². The average Bonchev–Trinajstić information content (AvgIpc) is 2.61. The molecule has 0 fully saturated rings. The number of aliphatic hydroxyl groups is 1. The van der Waals surface area contributed by atoms with Crippen LogP contribution < -0.4 is 10.1 Å². The molecule has 1 heterocycles. The van der Waals surface area contributed by atoms with Gasteiger partial charge in [-0.2, -0.15) is 0 Å². The van der Waals surface area contributed by atoms with Gasteiger partial charge in [-0.15, -0.1) is 0 Å². The predicted octanol–water partition coefficient (Wildman–Crippen LogP) is 1.70. The van der Waals surface area contributed by atoms with Crippen molar-refractivity contribution < 1.29 is 9.84 Å². The largest absolute Gasteiger partial charge is 0.472 e. The highest BCUT2D eigenvalue weighted by Gasteiger charge is 2.33. The summed E-state index contributed by atoms with van der Waals surface area (Å²) in [6.07, 6.45) is 2.73. The van der Waals surface area contributed by atoms with Crippen LogP contribution in [0, 0.1) is 0 Å². The summed E-state index contributed by atoms with van der Waals surface area (Å²) < 4.78 is 5.90. The van der Waals surface area contributed by atoms with Crippen LogP contribution in [0.15, 0.2) is 24.3 Å². The maximum absolute atomic E-state index is 8.71. The van der Waals surface area contributed by atoms with Crippen molar-refractivity contribution in [2.24, 2.45) is 0 Å². The first-order chi connectivity index (χ1) is 7.73. The van der Waals surface area contributed by atoms with Crippen LogP contribution in [0.25, 0.3) is 0 Å². The first kappa shape index (κ1) is 11.4. The second-order valence-electron chi connectivity index (χ2n) is 4.47. The summed E-state index contributed by atoms with van der Waals surface area (Å²) in [7, 11) is 0. The Morgan fingerprint density at radius 2 is 2.19 bits per heavy atom. The number of para-hydroxylation sites is 1. The van der Waals surface area contributed by atoms with Gasteiger partial charge < -0.3 is 9.84 Å². The normalized spacial score (nSPS) is 22.9. The molecule has 3 nitrogen and oxygen atoms in total. The van der Waals surface area contributed by atoms with Gasteiger partial charge in [0.05, 0.1) is 0 Å². The number of hydrogen-bond acceptors (Lipinski definition) is 3. The van der Waals surface area contributed by atoms with Crippen molar-refractivity contribution in [3.8, 4) is 5.75 Å². The monoisotopic (exact) mass is 221 g/mol. The van der Waals surface area contributed by atoms with Gasteiger partial charge in [0.15, 0.2) is 5.72 Å². The van der Waals surface area contributed by atoms with Crippen molar-refractivity contribution in [2.75, 3.05) is 13.2 Å². The second kappa shape index (κ2) is 4.85. The molecule has 16 heavy (non-hydrogen) atoms. The smallest absolute Gasteiger partial charge is 0.162 e. The molecule has 88 valence electrons. The van der Waals surface area contributed by atoms with Gasteiger partial charge in [-0.05, 0) is 37.9 Å². The minimum absolute atomic E-state index is 0.263. The van der Waals surface area contributed by atoms with Gasteiger partial charge in [-0.1, -0.05) is 18.2 Å². The predicted molar refractivity (Wildman–Crippen MR) is 63.5 cm³/mol. The van der Waals surface area contributed by atoms with E-state index in [-0.39, 0.29) is 12.3 Å². The van der Waals surface area contributed by atoms with E-state index in [1.165, 1.54) is 5.56 Å². The Morgan fingerprint density at radius 3 is 2.94 bits per heavy atom. The summed E-state index contributed by atoms with van der Waals surface area (Å²) in [6, 6.07) is 8.15. The third kappa shape index (κ3) is 2.54. The zero-order chi connectivity index (χ0) is 11.4. The lowest BCUT2D eigenvalue weighted by atomic mass is 10.1. The maximum Gasteiger partial charge on any atom is 0.162 e. The lowest BCUT2D eigenvalue weighted by molar-refractivity contribution is 0.0758. The maximum atomic E-state index is 8.71. The summed E-state index contributed by atoms with van der Waals surface area (Å²) in [5.41, 5.74) is 0.985. The fourth-order valence-electron chi connectivity index (χ4n) is 2.08. The lowest BCUT2D eigenvalue weighted by Gasteiger charge is -2.25. The highest BCUT2D eigenvalue weighted by atomic mass is 16.5. The standard InChI is InChI=1S/C13H19NO2/c1-13(14-8-4-5-9-15)10-11-6-2-3-7-12(11)16-13/h2-3,6-7,14-15H,4-5,8-10H2,1H3. The third-order valence-corrected chi connectivity index (χ3v) is 2.92. The van der Waals surface area contributed by atoms with E-state index < -0.39 is 0 Å². The topological polar surface area (TPSA) is 41.5 Å². The minimum atomic E-state index is -0.279. The van der Waals surface area contributed by atoms with Crippen molar-refractivity contribution in [3.05, 3.63) is 29.8 Å². The molecule has 0 aliphatic carbocycles. The first-order valence-electron chi connectivity index (χ1n) is 5.86. The fraction of sp³-hybridized carbons (Fsp3) is 0.538. The molecule has 0 bridgehead atoms. The molecular weight excluding hydrogens is 202 g/mol. The molecule has 0 radical (unpaired) electrons. The highest BCUT2D eigenvalue weighted by molar-refractivity contribution is 5.38. The summed E-state index contributed by atoms with van der Waals surface area (Å²) >= 11 is 0. The molecule has 0 saturated heterocycles. The molecule has 0 saturated carbocycles. The number of hydrogen-bond donors (Lipinski definition) is 2. The van der Waals surface area contributed by atoms with E-state index in [0.29, 0.717) is 0 Å². The molecule has 1 aliphatic heterocycles. The molecule has 2 rings (SSSR count). The number of unbranched alkanes of at least 4 members (excludes halogenated alkanes) is 1. The van der Waals surface area contributed by atoms with E-state index in [1.54, 1.807) is 0 Å². The van der Waals surface area contributed by atoms with E-state index >= 15 is 0 Å². The Morgan fingerprint density at radius 1 is 1.38 bits per heavy atom. The van der Waals surface area contributed by atoms with E-state index in [9.17, 15) is 0 Å². The number of benzene rings is 1. The van der Waals surface area contributed by atoms with E-state index in [4.69, 9.17) is 9.84 Å². The third-order valence-electron chi connectivity index (χ3n) is 2.92. The van der Waals surface area contributed by atoms with Gasteiger partial charge in [-0.3, -0.25) is 5.32 Å². The number of aliphatic hydroxyl groups excluding tert-OH is 1. The number of fused-ring (bicyclic) bond motifs is 1. The summed E-state index contributed by atoms with van der Waals surface area (Å²) in [4.78, 5) is 0. The zero-order valence-corrected chi connectivity index (χ0v) is 9.70. The average molecular weight is 221 g/mol. The van der Waals surface area contributed by atoms with Gasteiger partial charge >= 0.3 is 0 Å². The van der Waals surface area contributed by atoms with Gasteiger partial charge in [0.25, 0.3) is 0 Å². The molecule has 0 amide bonds. The van der Waals surface area contributed by atoms with Crippen molar-refractivity contribution in [1.29, 1.82) is 0 Å². The Labute approximate surface area is 96.4 Å². The number of ether oxygens (including phenoxy) is 1. The van der Waals surface area contributed by atoms with Crippen LogP contribution in [0.3, 0.4) is 0 Å². The van der Waals surface area contributed by atoms with Crippen molar-refractivity contribution in [1.82, 2.24) is 5.32 Å². The van der Waals surface area contributed by atoms with Gasteiger partial charge in [0.2, 0.25) is 0 Å². The van der Waals surface area contributed by atoms with Crippen LogP contribution in [0.5, 0.6) is 5.75 Å². The fourth-order valence-corrected chi connectivity index (χ4v) is 2.08. The Balaban J connectivity index is 1.88. The quantitative estimate of drug-likeness (QED) is 0.744. The van der Waals surface area contributed by atoms with Crippen molar-refractivity contribution >= 4 is 0 Å². The summed E-state index contributed by atoms with van der Waals surface area (Å²) in [5.74, 6) is 0.986. The van der Waals surface area contributed by atoms with Crippen LogP contribution in [0.1, 0.15) is 25.3 Å². The number of rotatable bonds is 5. The van der Waals surface area contributed by atoms with Gasteiger partial charge in [0, 0.05) is 13.0 Å². The van der Waals surface area contributed by atoms with Crippen LogP contribution >= 0.6 is 0 Å². The zero-order valence-electron chi connectivity index (χ0n) is 9.70. The van der Waals surface area contributed by atoms with Gasteiger partial charge in [-0.25, -0.2) is 0 Å². The number of nitrogens with one attached hydrogen (secondary N) is 1. The van der Waals surface area contributed by atoms with Crippen molar-refractivity contribution in [2.45, 2.75) is 31.9 Å². The molecule has 1 aromatic rings. The first-order valence-corrected chi connectivity index (χ1v) is 5.86.